The Morgan fingerprint density at radius 3 is 2.60 bits per heavy atom. The third-order valence-corrected chi connectivity index (χ3v) is 4.46. The Hall–Kier alpha value is -1.18. The second-order valence-electron chi connectivity index (χ2n) is 5.41. The van der Waals surface area contributed by atoms with Gasteiger partial charge in [0.05, 0.1) is 5.69 Å². The third kappa shape index (κ3) is 4.73. The van der Waals surface area contributed by atoms with Crippen LogP contribution in [-0.4, -0.2) is 28.7 Å². The van der Waals surface area contributed by atoms with Gasteiger partial charge in [0.15, 0.2) is 0 Å². The van der Waals surface area contributed by atoms with E-state index in [0.29, 0.717) is 13.0 Å². The van der Waals surface area contributed by atoms with Gasteiger partial charge in [-0.2, -0.15) is 0 Å². The van der Waals surface area contributed by atoms with E-state index in [-0.39, 0.29) is 22.5 Å². The van der Waals surface area contributed by atoms with E-state index < -0.39 is 15.8 Å². The lowest BCUT2D eigenvalue weighted by molar-refractivity contribution is 0.153. The minimum absolute atomic E-state index is 0.104. The maximum Gasteiger partial charge on any atom is 0.242 e. The van der Waals surface area contributed by atoms with Crippen LogP contribution in [0.5, 0.6) is 0 Å². The van der Waals surface area contributed by atoms with Crippen LogP contribution >= 0.6 is 0 Å². The summed E-state index contributed by atoms with van der Waals surface area (Å²) >= 11 is 0. The van der Waals surface area contributed by atoms with Gasteiger partial charge in [-0.1, -0.05) is 13.8 Å². The summed E-state index contributed by atoms with van der Waals surface area (Å²) in [5, 5.41) is 0. The van der Waals surface area contributed by atoms with Crippen molar-refractivity contribution in [3.8, 4) is 0 Å². The summed E-state index contributed by atoms with van der Waals surface area (Å²) in [7, 11) is -2.15. The molecule has 0 saturated heterocycles. The largest absolute Gasteiger partial charge is 0.398 e. The van der Waals surface area contributed by atoms with Crippen molar-refractivity contribution in [1.82, 2.24) is 4.72 Å². The molecule has 0 bridgehead atoms. The molecular weight excluding hydrogens is 283 g/mol. The summed E-state index contributed by atoms with van der Waals surface area (Å²) in [4.78, 5) is -0.110. The first kappa shape index (κ1) is 16.9. The minimum Gasteiger partial charge on any atom is -0.398 e. The molecule has 1 aromatic carbocycles. The Balaban J connectivity index is 2.80. The molecule has 0 fully saturated rings. The summed E-state index contributed by atoms with van der Waals surface area (Å²) in [5.41, 5.74) is 5.19. The Bertz CT molecular complexity index is 559. The third-order valence-electron chi connectivity index (χ3n) is 2.99. The normalized spacial score (nSPS) is 12.6. The van der Waals surface area contributed by atoms with Crippen molar-refractivity contribution < 1.29 is 17.5 Å². The van der Waals surface area contributed by atoms with Gasteiger partial charge < -0.3 is 10.5 Å². The molecule has 1 rings (SSSR count). The van der Waals surface area contributed by atoms with Gasteiger partial charge in [0.1, 0.15) is 10.7 Å². The van der Waals surface area contributed by atoms with E-state index in [0.717, 1.165) is 18.2 Å². The molecule has 0 aliphatic heterocycles. The highest BCUT2D eigenvalue weighted by Crippen LogP contribution is 2.22. The van der Waals surface area contributed by atoms with Gasteiger partial charge >= 0.3 is 0 Å². The highest BCUT2D eigenvalue weighted by atomic mass is 32.2. The molecule has 0 heterocycles. The zero-order valence-corrected chi connectivity index (χ0v) is 12.8. The zero-order valence-electron chi connectivity index (χ0n) is 11.9. The Kier molecular flexibility index (Phi) is 5.50. The maximum atomic E-state index is 12.9. The summed E-state index contributed by atoms with van der Waals surface area (Å²) < 4.78 is 44.7. The first-order valence-corrected chi connectivity index (χ1v) is 7.70. The van der Waals surface area contributed by atoms with E-state index >= 15 is 0 Å². The first-order valence-electron chi connectivity index (χ1n) is 6.21. The molecule has 0 amide bonds. The monoisotopic (exact) mass is 304 g/mol. The number of anilines is 1. The molecule has 0 aliphatic carbocycles. The number of hydrogen-bond acceptors (Lipinski definition) is 4. The second kappa shape index (κ2) is 6.51. The fourth-order valence-corrected chi connectivity index (χ4v) is 2.95. The van der Waals surface area contributed by atoms with Gasteiger partial charge in [-0.15, -0.1) is 0 Å². The van der Waals surface area contributed by atoms with Crippen LogP contribution in [0.15, 0.2) is 23.1 Å². The molecule has 7 heteroatoms. The minimum atomic E-state index is -3.75. The van der Waals surface area contributed by atoms with Crippen LogP contribution in [0.4, 0.5) is 10.1 Å². The fourth-order valence-electron chi connectivity index (χ4n) is 1.60. The molecule has 20 heavy (non-hydrogen) atoms. The number of nitrogens with one attached hydrogen (secondary N) is 1. The van der Waals surface area contributed by atoms with E-state index in [1.54, 1.807) is 7.11 Å². The number of nitrogen functional groups attached to an aromatic ring is 1. The lowest BCUT2D eigenvalue weighted by Crippen LogP contribution is -2.35. The number of hydrogen-bond donors (Lipinski definition) is 2. The Labute approximate surface area is 119 Å². The van der Waals surface area contributed by atoms with Crippen LogP contribution in [0.2, 0.25) is 0 Å². The van der Waals surface area contributed by atoms with Crippen molar-refractivity contribution in [2.24, 2.45) is 5.41 Å². The number of sulfonamides is 1. The van der Waals surface area contributed by atoms with Crippen molar-refractivity contribution in [3.05, 3.63) is 24.0 Å². The van der Waals surface area contributed by atoms with Crippen molar-refractivity contribution in [3.63, 3.8) is 0 Å². The van der Waals surface area contributed by atoms with Crippen LogP contribution < -0.4 is 10.5 Å². The number of ether oxygens (including phenoxy) is 1. The lowest BCUT2D eigenvalue weighted by atomic mass is 9.90. The summed E-state index contributed by atoms with van der Waals surface area (Å²) in [6, 6.07) is 3.22. The van der Waals surface area contributed by atoms with E-state index in [4.69, 9.17) is 10.5 Å². The Morgan fingerprint density at radius 2 is 2.05 bits per heavy atom. The number of rotatable bonds is 7. The molecule has 3 N–H and O–H groups in total. The average Bonchev–Trinajstić information content (AvgIpc) is 2.34. The highest BCUT2D eigenvalue weighted by molar-refractivity contribution is 7.89. The standard InChI is InChI=1S/C13H21FN2O3S/c1-13(2,6-7-19-3)9-16-20(17,18)12-5-4-10(14)8-11(12)15/h4-5,8,16H,6-7,9,15H2,1-3H3. The predicted molar refractivity (Wildman–Crippen MR) is 76.3 cm³/mol. The molecule has 0 radical (unpaired) electrons. The van der Waals surface area contributed by atoms with Crippen molar-refractivity contribution in [2.75, 3.05) is 26.0 Å². The van der Waals surface area contributed by atoms with Gasteiger partial charge in [-0.05, 0) is 30.0 Å². The summed E-state index contributed by atoms with van der Waals surface area (Å²) in [6.45, 7) is 4.66. The number of benzene rings is 1. The topological polar surface area (TPSA) is 81.4 Å². The SMILES string of the molecule is COCCC(C)(C)CNS(=O)(=O)c1ccc(F)cc1N. The van der Waals surface area contributed by atoms with Gasteiger partial charge in [0, 0.05) is 20.3 Å². The lowest BCUT2D eigenvalue weighted by Gasteiger charge is -2.24. The molecule has 1 aromatic rings. The summed E-state index contributed by atoms with van der Waals surface area (Å²) in [6.07, 6.45) is 0.713. The number of methoxy groups -OCH3 is 1. The second-order valence-corrected chi connectivity index (χ2v) is 7.15. The smallest absolute Gasteiger partial charge is 0.242 e. The van der Waals surface area contributed by atoms with Crippen LogP contribution in [0.1, 0.15) is 20.3 Å². The quantitative estimate of drug-likeness (QED) is 0.752. The molecule has 0 aromatic heterocycles. The van der Waals surface area contributed by atoms with Gasteiger partial charge in [-0.25, -0.2) is 17.5 Å². The molecule has 114 valence electrons. The van der Waals surface area contributed by atoms with Crippen molar-refractivity contribution in [1.29, 1.82) is 0 Å². The molecule has 0 saturated carbocycles. The van der Waals surface area contributed by atoms with Gasteiger partial charge in [0.2, 0.25) is 10.0 Å². The van der Waals surface area contributed by atoms with E-state index in [1.807, 2.05) is 13.8 Å². The number of nitrogens with two attached hydrogens (primary N) is 1. The predicted octanol–water partition coefficient (Wildman–Crippen LogP) is 1.75. The van der Waals surface area contributed by atoms with Crippen LogP contribution in [0, 0.1) is 11.2 Å². The zero-order chi connectivity index (χ0) is 15.4. The van der Waals surface area contributed by atoms with Crippen molar-refractivity contribution >= 4 is 15.7 Å². The van der Waals surface area contributed by atoms with Crippen LogP contribution in [0.25, 0.3) is 0 Å². The van der Waals surface area contributed by atoms with E-state index in [9.17, 15) is 12.8 Å². The molecule has 5 nitrogen and oxygen atoms in total. The molecule has 0 unspecified atom stereocenters. The first-order chi connectivity index (χ1) is 9.18. The molecule has 0 spiro atoms. The molecule has 0 atom stereocenters. The van der Waals surface area contributed by atoms with Crippen molar-refractivity contribution in [2.45, 2.75) is 25.2 Å². The fraction of sp³-hybridized carbons (Fsp3) is 0.538. The molecule has 0 aliphatic rings. The number of halogens is 1. The Morgan fingerprint density at radius 1 is 1.40 bits per heavy atom. The van der Waals surface area contributed by atoms with E-state index in [1.165, 1.54) is 0 Å². The van der Waals surface area contributed by atoms with Gasteiger partial charge in [0.25, 0.3) is 0 Å². The maximum absolute atomic E-state index is 12.9. The molecular formula is C13H21FN2O3S. The van der Waals surface area contributed by atoms with Gasteiger partial charge in [-0.3, -0.25) is 0 Å². The summed E-state index contributed by atoms with van der Waals surface area (Å²) in [5.74, 6) is -0.568. The average molecular weight is 304 g/mol. The highest BCUT2D eigenvalue weighted by Gasteiger charge is 2.23. The van der Waals surface area contributed by atoms with E-state index in [2.05, 4.69) is 4.72 Å². The van der Waals surface area contributed by atoms with Crippen LogP contribution in [0.3, 0.4) is 0 Å². The van der Waals surface area contributed by atoms with Crippen LogP contribution in [-0.2, 0) is 14.8 Å².